The topological polar surface area (TPSA) is 30.7 Å². The van der Waals surface area contributed by atoms with E-state index in [1.165, 1.54) is 36.9 Å². The molecule has 0 spiro atoms. The van der Waals surface area contributed by atoms with Crippen LogP contribution in [0.25, 0.3) is 0 Å². The van der Waals surface area contributed by atoms with Crippen LogP contribution in [0.3, 0.4) is 0 Å². The van der Waals surface area contributed by atoms with Gasteiger partial charge in [-0.25, -0.2) is 18.4 Å². The summed E-state index contributed by atoms with van der Waals surface area (Å²) in [6, 6.07) is 10.4. The minimum Gasteiger partial charge on any atom is -0.223 e. The Kier molecular flexibility index (Phi) is 4.59. The molecule has 3 nitrogen and oxygen atoms in total. The van der Waals surface area contributed by atoms with Gasteiger partial charge in [-0.15, -0.1) is 0 Å². The number of nitrogens with zero attached hydrogens (tertiary/aromatic N) is 3. The van der Waals surface area contributed by atoms with Crippen LogP contribution in [0, 0.1) is 5.82 Å². The molecule has 1 aromatic heterocycles. The zero-order chi connectivity index (χ0) is 16.4. The van der Waals surface area contributed by atoms with Crippen molar-refractivity contribution in [3.8, 4) is 0 Å². The Morgan fingerprint density at radius 1 is 1.04 bits per heavy atom. The molecule has 2 atom stereocenters. The number of rotatable bonds is 4. The third-order valence-electron chi connectivity index (χ3n) is 3.49. The lowest BCUT2D eigenvalue weighted by atomic mass is 9.90. The summed E-state index contributed by atoms with van der Waals surface area (Å²) in [6.45, 7) is 0. The van der Waals surface area contributed by atoms with Gasteiger partial charge >= 0.3 is 0 Å². The Hall–Kier alpha value is -1.98. The smallest absolute Gasteiger partial charge is 0.204 e. The van der Waals surface area contributed by atoms with Gasteiger partial charge < -0.3 is 0 Å². The summed E-state index contributed by atoms with van der Waals surface area (Å²) in [5, 5.41) is 4.62. The SMILES string of the molecule is Fc1ccc(C(c2ccc(Cl)cc2Cl)C(F)n2cncn2)cc1. The molecule has 3 aromatic rings. The lowest BCUT2D eigenvalue weighted by Crippen LogP contribution is -2.16. The lowest BCUT2D eigenvalue weighted by molar-refractivity contribution is 0.194. The molecule has 23 heavy (non-hydrogen) atoms. The molecule has 0 fully saturated rings. The molecule has 0 saturated heterocycles. The van der Waals surface area contributed by atoms with Gasteiger partial charge in [-0.1, -0.05) is 41.4 Å². The van der Waals surface area contributed by atoms with Crippen molar-refractivity contribution in [1.29, 1.82) is 0 Å². The van der Waals surface area contributed by atoms with E-state index in [9.17, 15) is 4.39 Å². The normalized spacial score (nSPS) is 13.7. The van der Waals surface area contributed by atoms with E-state index in [1.54, 1.807) is 18.2 Å². The average molecular weight is 354 g/mol. The van der Waals surface area contributed by atoms with Crippen LogP contribution >= 0.6 is 23.2 Å². The predicted octanol–water partition coefficient (Wildman–Crippen LogP) is 5.02. The highest BCUT2D eigenvalue weighted by molar-refractivity contribution is 6.35. The maximum absolute atomic E-state index is 15.1. The van der Waals surface area contributed by atoms with Gasteiger partial charge in [-0.2, -0.15) is 5.10 Å². The predicted molar refractivity (Wildman–Crippen MR) is 84.9 cm³/mol. The largest absolute Gasteiger partial charge is 0.223 e. The molecule has 0 amide bonds. The van der Waals surface area contributed by atoms with Crippen LogP contribution in [-0.4, -0.2) is 14.8 Å². The standard InChI is InChI=1S/C16H11Cl2F2N3/c17-11-3-6-13(14(18)7-11)15(10-1-4-12(19)5-2-10)16(20)23-9-21-8-22-23/h1-9,15-16H. The molecule has 2 unspecified atom stereocenters. The van der Waals surface area contributed by atoms with Crippen LogP contribution in [0.5, 0.6) is 0 Å². The first kappa shape index (κ1) is 15.9. The van der Waals surface area contributed by atoms with Crippen LogP contribution in [0.1, 0.15) is 23.3 Å². The molecule has 0 aliphatic rings. The number of hydrogen-bond acceptors (Lipinski definition) is 2. The lowest BCUT2D eigenvalue weighted by Gasteiger charge is -2.23. The molecule has 1 heterocycles. The van der Waals surface area contributed by atoms with E-state index >= 15 is 4.39 Å². The van der Waals surface area contributed by atoms with Crippen LogP contribution in [0.15, 0.2) is 55.1 Å². The summed E-state index contributed by atoms with van der Waals surface area (Å²) in [7, 11) is 0. The first-order chi connectivity index (χ1) is 11.1. The monoisotopic (exact) mass is 353 g/mol. The van der Waals surface area contributed by atoms with Gasteiger partial charge in [-0.3, -0.25) is 0 Å². The second-order valence-electron chi connectivity index (χ2n) is 4.94. The van der Waals surface area contributed by atoms with Gasteiger partial charge in [0.15, 0.2) is 0 Å². The highest BCUT2D eigenvalue weighted by Gasteiger charge is 2.29. The Morgan fingerprint density at radius 2 is 1.78 bits per heavy atom. The zero-order valence-electron chi connectivity index (χ0n) is 11.7. The number of hydrogen-bond donors (Lipinski definition) is 0. The second kappa shape index (κ2) is 6.64. The second-order valence-corrected chi connectivity index (χ2v) is 5.79. The zero-order valence-corrected chi connectivity index (χ0v) is 13.2. The first-order valence-corrected chi connectivity index (χ1v) is 7.50. The molecule has 0 saturated carbocycles. The van der Waals surface area contributed by atoms with E-state index in [-0.39, 0.29) is 0 Å². The third-order valence-corrected chi connectivity index (χ3v) is 4.05. The number of benzene rings is 2. The van der Waals surface area contributed by atoms with Crippen molar-refractivity contribution in [1.82, 2.24) is 14.8 Å². The molecule has 0 radical (unpaired) electrons. The molecular weight excluding hydrogens is 343 g/mol. The Bertz CT molecular complexity index is 792. The average Bonchev–Trinajstić information content (AvgIpc) is 3.05. The number of aromatic nitrogens is 3. The van der Waals surface area contributed by atoms with Crippen molar-refractivity contribution in [2.75, 3.05) is 0 Å². The molecular formula is C16H11Cl2F2N3. The van der Waals surface area contributed by atoms with Crippen LogP contribution < -0.4 is 0 Å². The van der Waals surface area contributed by atoms with Gasteiger partial charge in [-0.05, 0) is 35.4 Å². The maximum atomic E-state index is 15.1. The van der Waals surface area contributed by atoms with Crippen molar-refractivity contribution in [3.63, 3.8) is 0 Å². The minimum atomic E-state index is -1.55. The van der Waals surface area contributed by atoms with Crippen molar-refractivity contribution >= 4 is 23.2 Å². The van der Waals surface area contributed by atoms with Crippen LogP contribution in [-0.2, 0) is 0 Å². The summed E-state index contributed by atoms with van der Waals surface area (Å²) in [5.74, 6) is -1.17. The van der Waals surface area contributed by atoms with Crippen molar-refractivity contribution in [2.24, 2.45) is 0 Å². The van der Waals surface area contributed by atoms with Gasteiger partial charge in [0.2, 0.25) is 6.30 Å². The molecule has 2 aromatic carbocycles. The summed E-state index contributed by atoms with van der Waals surface area (Å²) in [4.78, 5) is 3.76. The molecule has 3 rings (SSSR count). The number of alkyl halides is 1. The van der Waals surface area contributed by atoms with Crippen molar-refractivity contribution in [3.05, 3.63) is 82.1 Å². The number of halogens is 4. The molecule has 118 valence electrons. The van der Waals surface area contributed by atoms with Crippen LogP contribution in [0.4, 0.5) is 8.78 Å². The Balaban J connectivity index is 2.11. The van der Waals surface area contributed by atoms with E-state index in [0.717, 1.165) is 4.68 Å². The quantitative estimate of drug-likeness (QED) is 0.658. The fourth-order valence-electron chi connectivity index (χ4n) is 2.41. The molecule has 0 aliphatic carbocycles. The fraction of sp³-hybridized carbons (Fsp3) is 0.125. The minimum absolute atomic E-state index is 0.328. The highest BCUT2D eigenvalue weighted by Crippen LogP contribution is 2.39. The van der Waals surface area contributed by atoms with Crippen molar-refractivity contribution < 1.29 is 8.78 Å². The van der Waals surface area contributed by atoms with Crippen LogP contribution in [0.2, 0.25) is 10.0 Å². The van der Waals surface area contributed by atoms with Gasteiger partial charge in [0.25, 0.3) is 0 Å². The Morgan fingerprint density at radius 3 is 2.39 bits per heavy atom. The molecule has 7 heteroatoms. The highest BCUT2D eigenvalue weighted by atomic mass is 35.5. The van der Waals surface area contributed by atoms with E-state index in [1.807, 2.05) is 0 Å². The van der Waals surface area contributed by atoms with Crippen molar-refractivity contribution in [2.45, 2.75) is 12.2 Å². The summed E-state index contributed by atoms with van der Waals surface area (Å²) in [5.41, 5.74) is 1.10. The van der Waals surface area contributed by atoms with Gasteiger partial charge in [0, 0.05) is 10.0 Å². The van der Waals surface area contributed by atoms with E-state index in [4.69, 9.17) is 23.2 Å². The van der Waals surface area contributed by atoms with E-state index < -0.39 is 18.0 Å². The van der Waals surface area contributed by atoms with E-state index in [0.29, 0.717) is 21.2 Å². The summed E-state index contributed by atoms with van der Waals surface area (Å²) in [6.07, 6.45) is 0.976. The van der Waals surface area contributed by atoms with E-state index in [2.05, 4.69) is 10.1 Å². The molecule has 0 N–H and O–H groups in total. The van der Waals surface area contributed by atoms with Gasteiger partial charge in [0.1, 0.15) is 18.5 Å². The first-order valence-electron chi connectivity index (χ1n) is 6.75. The van der Waals surface area contributed by atoms with Gasteiger partial charge in [0.05, 0.1) is 5.92 Å². The fourth-order valence-corrected chi connectivity index (χ4v) is 2.93. The summed E-state index contributed by atoms with van der Waals surface area (Å²) >= 11 is 12.2. The maximum Gasteiger partial charge on any atom is 0.204 e. The Labute approximate surface area is 141 Å². The molecule has 0 aliphatic heterocycles. The summed E-state index contributed by atoms with van der Waals surface area (Å²) < 4.78 is 29.4. The molecule has 0 bridgehead atoms. The third kappa shape index (κ3) is 3.35.